The van der Waals surface area contributed by atoms with Crippen LogP contribution in [0.25, 0.3) is 0 Å². The molecule has 0 aliphatic heterocycles. The smallest absolute Gasteiger partial charge is 0.262 e. The fourth-order valence-electron chi connectivity index (χ4n) is 3.04. The van der Waals surface area contributed by atoms with E-state index in [0.717, 1.165) is 6.07 Å². The summed E-state index contributed by atoms with van der Waals surface area (Å²) in [6.07, 6.45) is 0. The summed E-state index contributed by atoms with van der Waals surface area (Å²) >= 11 is 5.84. The molecule has 8 heteroatoms. The van der Waals surface area contributed by atoms with Crippen molar-refractivity contribution in [1.82, 2.24) is 0 Å². The van der Waals surface area contributed by atoms with Gasteiger partial charge in [0.1, 0.15) is 5.75 Å². The first kappa shape index (κ1) is 18.2. The first-order chi connectivity index (χ1) is 13.3. The summed E-state index contributed by atoms with van der Waals surface area (Å²) < 4.78 is 27.7. The van der Waals surface area contributed by atoms with Crippen molar-refractivity contribution in [3.63, 3.8) is 0 Å². The van der Waals surface area contributed by atoms with Crippen LogP contribution in [-0.4, -0.2) is 25.1 Å². The van der Waals surface area contributed by atoms with Crippen LogP contribution in [0.2, 0.25) is 5.02 Å². The summed E-state index contributed by atoms with van der Waals surface area (Å²) in [5.74, 6) is -1.06. The van der Waals surface area contributed by atoms with Crippen molar-refractivity contribution in [2.75, 3.05) is 4.72 Å². The third-order valence-electron chi connectivity index (χ3n) is 4.41. The highest BCUT2D eigenvalue weighted by molar-refractivity contribution is 7.92. The van der Waals surface area contributed by atoms with Crippen molar-refractivity contribution in [3.05, 3.63) is 87.9 Å². The van der Waals surface area contributed by atoms with Crippen molar-refractivity contribution in [2.24, 2.45) is 0 Å². The number of phenolic OH excluding ortho intramolecular Hbond substituents is 1. The molecule has 0 heterocycles. The molecule has 0 atom stereocenters. The van der Waals surface area contributed by atoms with Crippen LogP contribution in [0.3, 0.4) is 0 Å². The van der Waals surface area contributed by atoms with Crippen molar-refractivity contribution < 1.29 is 23.1 Å². The molecule has 2 N–H and O–H groups in total. The molecular weight excluding hydrogens is 402 g/mol. The maximum absolute atomic E-state index is 12.8. The maximum Gasteiger partial charge on any atom is 0.262 e. The van der Waals surface area contributed by atoms with E-state index in [1.165, 1.54) is 36.4 Å². The minimum absolute atomic E-state index is 0.0156. The zero-order valence-corrected chi connectivity index (χ0v) is 15.7. The Hall–Kier alpha value is -3.16. The van der Waals surface area contributed by atoms with E-state index in [1.807, 2.05) is 0 Å². The Kier molecular flexibility index (Phi) is 4.21. The number of carbonyl (C=O) groups is 2. The third-order valence-corrected chi connectivity index (χ3v) is 6.01. The minimum atomic E-state index is -4.14. The Morgan fingerprint density at radius 3 is 2.07 bits per heavy atom. The van der Waals surface area contributed by atoms with Gasteiger partial charge < -0.3 is 5.11 Å². The molecule has 1 aliphatic rings. The molecule has 0 saturated heterocycles. The molecule has 0 bridgehead atoms. The SMILES string of the molecule is O=C1c2ccccc2C(=O)c2cc(S(=O)(=O)Nc3cc(Cl)ccc3O)ccc21. The summed E-state index contributed by atoms with van der Waals surface area (Å²) in [5, 5.41) is 10.1. The summed E-state index contributed by atoms with van der Waals surface area (Å²) in [5.41, 5.74) is 0.584. The highest BCUT2D eigenvalue weighted by atomic mass is 35.5. The molecule has 0 spiro atoms. The molecule has 0 saturated carbocycles. The molecule has 3 aromatic carbocycles. The quantitative estimate of drug-likeness (QED) is 0.499. The second-order valence-corrected chi connectivity index (χ2v) is 8.30. The summed E-state index contributed by atoms with van der Waals surface area (Å²) in [6.45, 7) is 0. The molecule has 3 aromatic rings. The van der Waals surface area contributed by atoms with Gasteiger partial charge in [-0.25, -0.2) is 8.42 Å². The highest BCUT2D eigenvalue weighted by Gasteiger charge is 2.31. The Labute approximate surface area is 165 Å². The van der Waals surface area contributed by atoms with Crippen LogP contribution >= 0.6 is 11.6 Å². The maximum atomic E-state index is 12.8. The molecule has 4 rings (SSSR count). The third kappa shape index (κ3) is 2.94. The lowest BCUT2D eigenvalue weighted by molar-refractivity contribution is 0.0979. The molecule has 140 valence electrons. The molecule has 0 unspecified atom stereocenters. The Morgan fingerprint density at radius 1 is 0.786 bits per heavy atom. The van der Waals surface area contributed by atoms with E-state index >= 15 is 0 Å². The predicted octanol–water partition coefficient (Wildman–Crippen LogP) is 3.62. The largest absolute Gasteiger partial charge is 0.506 e. The molecule has 28 heavy (non-hydrogen) atoms. The number of phenols is 1. The first-order valence-corrected chi connectivity index (χ1v) is 9.98. The van der Waals surface area contributed by atoms with Gasteiger partial charge in [0.2, 0.25) is 0 Å². The fraction of sp³-hybridized carbons (Fsp3) is 0. The summed E-state index contributed by atoms with van der Waals surface area (Å²) in [6, 6.07) is 14.0. The Morgan fingerprint density at radius 2 is 1.39 bits per heavy atom. The molecular formula is C20H12ClNO5S. The molecule has 0 amide bonds. The number of hydrogen-bond donors (Lipinski definition) is 2. The predicted molar refractivity (Wildman–Crippen MR) is 104 cm³/mol. The van der Waals surface area contributed by atoms with Crippen LogP contribution in [0.5, 0.6) is 5.75 Å². The number of benzene rings is 3. The van der Waals surface area contributed by atoms with Gasteiger partial charge >= 0.3 is 0 Å². The zero-order chi connectivity index (χ0) is 20.1. The van der Waals surface area contributed by atoms with Crippen LogP contribution in [0, 0.1) is 0 Å². The van der Waals surface area contributed by atoms with Gasteiger partial charge in [-0.1, -0.05) is 35.9 Å². The summed E-state index contributed by atoms with van der Waals surface area (Å²) in [4.78, 5) is 25.2. The standard InChI is InChI=1S/C20H12ClNO5S/c21-11-5-8-18(23)17(9-11)22-28(26,27)12-6-7-15-16(10-12)20(25)14-4-2-1-3-13(14)19(15)24/h1-10,22-23H. The topological polar surface area (TPSA) is 101 Å². The Balaban J connectivity index is 1.78. The lowest BCUT2D eigenvalue weighted by atomic mass is 9.84. The van der Waals surface area contributed by atoms with Crippen LogP contribution in [0.1, 0.15) is 31.8 Å². The number of rotatable bonds is 3. The molecule has 0 aromatic heterocycles. The highest BCUT2D eigenvalue weighted by Crippen LogP contribution is 2.31. The number of fused-ring (bicyclic) bond motifs is 2. The van der Waals surface area contributed by atoms with E-state index < -0.39 is 15.8 Å². The van der Waals surface area contributed by atoms with Crippen LogP contribution in [0.4, 0.5) is 5.69 Å². The first-order valence-electron chi connectivity index (χ1n) is 8.12. The molecule has 0 radical (unpaired) electrons. The lowest BCUT2D eigenvalue weighted by Crippen LogP contribution is -2.22. The average Bonchev–Trinajstić information content (AvgIpc) is 2.68. The van der Waals surface area contributed by atoms with Crippen LogP contribution < -0.4 is 4.72 Å². The number of ketones is 2. The second kappa shape index (κ2) is 6.47. The van der Waals surface area contributed by atoms with Crippen molar-refractivity contribution in [2.45, 2.75) is 4.90 Å². The number of hydrogen-bond acceptors (Lipinski definition) is 5. The van der Waals surface area contributed by atoms with E-state index in [9.17, 15) is 23.1 Å². The van der Waals surface area contributed by atoms with E-state index in [0.29, 0.717) is 0 Å². The number of sulfonamides is 1. The normalized spacial score (nSPS) is 13.0. The molecule has 6 nitrogen and oxygen atoms in total. The fourth-order valence-corrected chi connectivity index (χ4v) is 4.30. The van der Waals surface area contributed by atoms with Gasteiger partial charge in [-0.3, -0.25) is 14.3 Å². The van der Waals surface area contributed by atoms with E-state index in [-0.39, 0.29) is 49.4 Å². The number of aromatic hydroxyl groups is 1. The van der Waals surface area contributed by atoms with E-state index in [4.69, 9.17) is 11.6 Å². The van der Waals surface area contributed by atoms with Gasteiger partial charge in [0, 0.05) is 27.3 Å². The van der Waals surface area contributed by atoms with Gasteiger partial charge in [0.05, 0.1) is 10.6 Å². The number of carbonyl (C=O) groups excluding carboxylic acids is 2. The number of anilines is 1. The number of nitrogens with one attached hydrogen (secondary N) is 1. The molecule has 1 aliphatic carbocycles. The van der Waals surface area contributed by atoms with Crippen LogP contribution in [0.15, 0.2) is 65.6 Å². The van der Waals surface area contributed by atoms with Gasteiger partial charge in [-0.15, -0.1) is 0 Å². The second-order valence-electron chi connectivity index (χ2n) is 6.18. The number of halogens is 1. The van der Waals surface area contributed by atoms with Gasteiger partial charge in [0.25, 0.3) is 10.0 Å². The van der Waals surface area contributed by atoms with Gasteiger partial charge in [0.15, 0.2) is 11.6 Å². The van der Waals surface area contributed by atoms with E-state index in [2.05, 4.69) is 4.72 Å². The lowest BCUT2D eigenvalue weighted by Gasteiger charge is -2.18. The zero-order valence-electron chi connectivity index (χ0n) is 14.1. The monoisotopic (exact) mass is 413 g/mol. The van der Waals surface area contributed by atoms with E-state index in [1.54, 1.807) is 18.2 Å². The van der Waals surface area contributed by atoms with Crippen molar-refractivity contribution >= 4 is 38.9 Å². The summed E-state index contributed by atoms with van der Waals surface area (Å²) in [7, 11) is -4.14. The average molecular weight is 414 g/mol. The van der Waals surface area contributed by atoms with Crippen molar-refractivity contribution in [1.29, 1.82) is 0 Å². The molecule has 0 fully saturated rings. The minimum Gasteiger partial charge on any atom is -0.506 e. The Bertz CT molecular complexity index is 1270. The van der Waals surface area contributed by atoms with Gasteiger partial charge in [-0.05, 0) is 36.4 Å². The van der Waals surface area contributed by atoms with Crippen molar-refractivity contribution in [3.8, 4) is 5.75 Å². The van der Waals surface area contributed by atoms with Crippen LogP contribution in [-0.2, 0) is 10.0 Å². The van der Waals surface area contributed by atoms with Gasteiger partial charge in [-0.2, -0.15) is 0 Å².